The van der Waals surface area contributed by atoms with Gasteiger partial charge in [0, 0.05) is 31.3 Å². The number of aryl methyl sites for hydroxylation is 1. The molecule has 4 nitrogen and oxygen atoms in total. The fraction of sp³-hybridized carbons (Fsp3) is 0.364. The van der Waals surface area contributed by atoms with Gasteiger partial charge >= 0.3 is 0 Å². The standard InChI is InChI=1S/C22H26ClN3O/c1-3-14-25(15-4-2)21(27)13-11-19-22(17-8-6-5-7-9-17)24-20-12-10-18(23)16-26(19)20/h5-10,12,16H,3-4,11,13-15H2,1-2H3. The summed E-state index contributed by atoms with van der Waals surface area (Å²) in [4.78, 5) is 19.5. The minimum Gasteiger partial charge on any atom is -0.343 e. The average Bonchev–Trinajstić information content (AvgIpc) is 3.04. The van der Waals surface area contributed by atoms with E-state index in [9.17, 15) is 4.79 Å². The molecule has 27 heavy (non-hydrogen) atoms. The summed E-state index contributed by atoms with van der Waals surface area (Å²) in [7, 11) is 0. The molecule has 2 aromatic heterocycles. The van der Waals surface area contributed by atoms with E-state index in [-0.39, 0.29) is 5.91 Å². The van der Waals surface area contributed by atoms with E-state index in [0.717, 1.165) is 48.5 Å². The number of hydrogen-bond acceptors (Lipinski definition) is 2. The summed E-state index contributed by atoms with van der Waals surface area (Å²) < 4.78 is 2.02. The summed E-state index contributed by atoms with van der Waals surface area (Å²) in [5.74, 6) is 0.203. The third-order valence-electron chi connectivity index (χ3n) is 4.64. The Morgan fingerprint density at radius 3 is 2.44 bits per heavy atom. The first-order valence-electron chi connectivity index (χ1n) is 9.63. The maximum Gasteiger partial charge on any atom is 0.222 e. The molecule has 2 heterocycles. The molecule has 0 saturated heterocycles. The largest absolute Gasteiger partial charge is 0.343 e. The molecular weight excluding hydrogens is 358 g/mol. The first-order chi connectivity index (χ1) is 13.1. The molecule has 0 atom stereocenters. The number of aromatic nitrogens is 2. The molecule has 3 rings (SSSR count). The molecule has 3 aromatic rings. The highest BCUT2D eigenvalue weighted by Gasteiger charge is 2.17. The van der Waals surface area contributed by atoms with Crippen molar-refractivity contribution in [2.45, 2.75) is 39.5 Å². The van der Waals surface area contributed by atoms with Crippen molar-refractivity contribution in [2.24, 2.45) is 0 Å². The molecule has 0 aliphatic rings. The number of nitrogens with zero attached hydrogens (tertiary/aromatic N) is 3. The van der Waals surface area contributed by atoms with Crippen LogP contribution in [-0.4, -0.2) is 33.3 Å². The second-order valence-corrected chi connectivity index (χ2v) is 7.17. The lowest BCUT2D eigenvalue weighted by atomic mass is 10.1. The van der Waals surface area contributed by atoms with Gasteiger partial charge in [0.15, 0.2) is 0 Å². The molecular formula is C22H26ClN3O. The van der Waals surface area contributed by atoms with Crippen LogP contribution in [0.5, 0.6) is 0 Å². The molecule has 0 aliphatic heterocycles. The van der Waals surface area contributed by atoms with Gasteiger partial charge in [0.1, 0.15) is 5.65 Å². The van der Waals surface area contributed by atoms with Crippen molar-refractivity contribution in [3.63, 3.8) is 0 Å². The van der Waals surface area contributed by atoms with Crippen LogP contribution in [-0.2, 0) is 11.2 Å². The van der Waals surface area contributed by atoms with Gasteiger partial charge < -0.3 is 9.30 Å². The van der Waals surface area contributed by atoms with Crippen molar-refractivity contribution in [3.05, 3.63) is 59.4 Å². The summed E-state index contributed by atoms with van der Waals surface area (Å²) in [6.45, 7) is 5.85. The molecule has 142 valence electrons. The molecule has 0 spiro atoms. The number of pyridine rings is 1. The number of rotatable bonds is 8. The zero-order valence-electron chi connectivity index (χ0n) is 16.0. The van der Waals surface area contributed by atoms with Gasteiger partial charge in [-0.05, 0) is 31.4 Å². The van der Waals surface area contributed by atoms with Crippen LogP contribution in [0.3, 0.4) is 0 Å². The number of hydrogen-bond donors (Lipinski definition) is 0. The van der Waals surface area contributed by atoms with Gasteiger partial charge in [0.2, 0.25) is 5.91 Å². The van der Waals surface area contributed by atoms with Gasteiger partial charge in [-0.15, -0.1) is 0 Å². The molecule has 0 aliphatic carbocycles. The molecule has 0 N–H and O–H groups in total. The van der Waals surface area contributed by atoms with Crippen LogP contribution in [0.15, 0.2) is 48.7 Å². The number of halogens is 1. The maximum atomic E-state index is 12.7. The van der Waals surface area contributed by atoms with E-state index in [0.29, 0.717) is 17.9 Å². The Bertz CT molecular complexity index is 899. The second kappa shape index (κ2) is 9.05. The minimum atomic E-state index is 0.203. The van der Waals surface area contributed by atoms with Gasteiger partial charge in [-0.25, -0.2) is 4.98 Å². The molecule has 0 bridgehead atoms. The van der Waals surface area contributed by atoms with E-state index >= 15 is 0 Å². The number of fused-ring (bicyclic) bond motifs is 1. The van der Waals surface area contributed by atoms with E-state index in [2.05, 4.69) is 26.0 Å². The van der Waals surface area contributed by atoms with E-state index in [1.165, 1.54) is 0 Å². The minimum absolute atomic E-state index is 0.203. The topological polar surface area (TPSA) is 37.6 Å². The Balaban J connectivity index is 1.92. The second-order valence-electron chi connectivity index (χ2n) is 6.73. The first kappa shape index (κ1) is 19.4. The van der Waals surface area contributed by atoms with Crippen molar-refractivity contribution in [2.75, 3.05) is 13.1 Å². The molecule has 0 fully saturated rings. The summed E-state index contributed by atoms with van der Waals surface area (Å²) >= 11 is 6.22. The SMILES string of the molecule is CCCN(CCC)C(=O)CCc1c(-c2ccccc2)nc2ccc(Cl)cn12. The van der Waals surface area contributed by atoms with Crippen molar-refractivity contribution in [3.8, 4) is 11.3 Å². The summed E-state index contributed by atoms with van der Waals surface area (Å²) in [5, 5.41) is 0.658. The number of carbonyl (C=O) groups excluding carboxylic acids is 1. The van der Waals surface area contributed by atoms with Crippen molar-refractivity contribution in [1.82, 2.24) is 14.3 Å². The van der Waals surface area contributed by atoms with Crippen LogP contribution in [0.4, 0.5) is 0 Å². The predicted molar refractivity (Wildman–Crippen MR) is 111 cm³/mol. The number of benzene rings is 1. The van der Waals surface area contributed by atoms with E-state index in [1.54, 1.807) is 0 Å². The highest BCUT2D eigenvalue weighted by molar-refractivity contribution is 6.30. The summed E-state index contributed by atoms with van der Waals surface area (Å²) in [6.07, 6.45) is 4.94. The van der Waals surface area contributed by atoms with E-state index in [4.69, 9.17) is 16.6 Å². The average molecular weight is 384 g/mol. The first-order valence-corrected chi connectivity index (χ1v) is 10.0. The lowest BCUT2D eigenvalue weighted by Crippen LogP contribution is -2.32. The van der Waals surface area contributed by atoms with Gasteiger partial charge in [0.25, 0.3) is 0 Å². The van der Waals surface area contributed by atoms with Crippen LogP contribution < -0.4 is 0 Å². The number of imidazole rings is 1. The zero-order valence-corrected chi connectivity index (χ0v) is 16.7. The van der Waals surface area contributed by atoms with Gasteiger partial charge in [-0.3, -0.25) is 4.79 Å². The fourth-order valence-electron chi connectivity index (χ4n) is 3.42. The monoisotopic (exact) mass is 383 g/mol. The quantitative estimate of drug-likeness (QED) is 0.533. The van der Waals surface area contributed by atoms with Gasteiger partial charge in [-0.1, -0.05) is 55.8 Å². The summed E-state index contributed by atoms with van der Waals surface area (Å²) in [5.41, 5.74) is 3.85. The third kappa shape index (κ3) is 4.51. The Morgan fingerprint density at radius 1 is 1.07 bits per heavy atom. The zero-order chi connectivity index (χ0) is 19.2. The van der Waals surface area contributed by atoms with Crippen molar-refractivity contribution >= 4 is 23.2 Å². The Kier molecular flexibility index (Phi) is 6.51. The van der Waals surface area contributed by atoms with Crippen molar-refractivity contribution in [1.29, 1.82) is 0 Å². The summed E-state index contributed by atoms with van der Waals surface area (Å²) in [6, 6.07) is 13.9. The highest BCUT2D eigenvalue weighted by Crippen LogP contribution is 2.26. The maximum absolute atomic E-state index is 12.7. The molecule has 5 heteroatoms. The smallest absolute Gasteiger partial charge is 0.222 e. The lowest BCUT2D eigenvalue weighted by Gasteiger charge is -2.21. The lowest BCUT2D eigenvalue weighted by molar-refractivity contribution is -0.131. The van der Waals surface area contributed by atoms with Crippen LogP contribution in [0, 0.1) is 0 Å². The molecule has 1 aromatic carbocycles. The molecule has 1 amide bonds. The van der Waals surface area contributed by atoms with E-state index < -0.39 is 0 Å². The molecule has 0 radical (unpaired) electrons. The van der Waals surface area contributed by atoms with Crippen LogP contribution in [0.2, 0.25) is 5.02 Å². The number of amides is 1. The Labute approximate surface area is 165 Å². The van der Waals surface area contributed by atoms with Gasteiger partial charge in [0.05, 0.1) is 16.4 Å². The van der Waals surface area contributed by atoms with Crippen LogP contribution in [0.1, 0.15) is 38.8 Å². The molecule has 0 saturated carbocycles. The number of carbonyl (C=O) groups is 1. The normalized spacial score (nSPS) is 11.1. The Hall–Kier alpha value is -2.33. The van der Waals surface area contributed by atoms with Gasteiger partial charge in [-0.2, -0.15) is 0 Å². The van der Waals surface area contributed by atoms with Crippen molar-refractivity contribution < 1.29 is 4.79 Å². The Morgan fingerprint density at radius 2 is 1.78 bits per heavy atom. The predicted octanol–water partition coefficient (Wildman–Crippen LogP) is 5.24. The van der Waals surface area contributed by atoms with Crippen LogP contribution in [0.25, 0.3) is 16.9 Å². The third-order valence-corrected chi connectivity index (χ3v) is 4.87. The fourth-order valence-corrected chi connectivity index (χ4v) is 3.58. The van der Waals surface area contributed by atoms with Crippen LogP contribution >= 0.6 is 11.6 Å². The molecule has 0 unspecified atom stereocenters. The highest BCUT2D eigenvalue weighted by atomic mass is 35.5. The van der Waals surface area contributed by atoms with E-state index in [1.807, 2.05) is 45.8 Å².